The fourth-order valence-corrected chi connectivity index (χ4v) is 3.79. The van der Waals surface area contributed by atoms with Gasteiger partial charge in [-0.25, -0.2) is 8.42 Å². The second kappa shape index (κ2) is 6.18. The van der Waals surface area contributed by atoms with Gasteiger partial charge in [-0.3, -0.25) is 4.72 Å². The van der Waals surface area contributed by atoms with E-state index in [1.54, 1.807) is 31.2 Å². The van der Waals surface area contributed by atoms with Crippen LogP contribution >= 0.6 is 11.6 Å². The maximum Gasteiger partial charge on any atom is 0.261 e. The van der Waals surface area contributed by atoms with Crippen LogP contribution in [-0.2, 0) is 10.0 Å². The standard InChI is InChI=1S/C16H18ClNO3S/c1-10(2)14-13(9-11(3)16(19)15(14)17)18-22(20,21)12-7-5-4-6-8-12/h4-10,18-19H,1-3H3. The van der Waals surface area contributed by atoms with Crippen molar-refractivity contribution in [2.24, 2.45) is 0 Å². The van der Waals surface area contributed by atoms with E-state index in [1.807, 2.05) is 13.8 Å². The van der Waals surface area contributed by atoms with E-state index >= 15 is 0 Å². The van der Waals surface area contributed by atoms with Crippen molar-refractivity contribution in [2.45, 2.75) is 31.6 Å². The van der Waals surface area contributed by atoms with Gasteiger partial charge in [0.15, 0.2) is 0 Å². The molecule has 2 aromatic carbocycles. The number of phenolic OH excluding ortho intramolecular Hbond substituents is 1. The fraction of sp³-hybridized carbons (Fsp3) is 0.250. The molecule has 0 aliphatic rings. The molecule has 0 atom stereocenters. The lowest BCUT2D eigenvalue weighted by molar-refractivity contribution is 0.470. The van der Waals surface area contributed by atoms with Gasteiger partial charge in [0, 0.05) is 5.56 Å². The molecule has 0 saturated carbocycles. The summed E-state index contributed by atoms with van der Waals surface area (Å²) in [5.41, 5.74) is 1.48. The second-order valence-electron chi connectivity index (χ2n) is 5.39. The summed E-state index contributed by atoms with van der Waals surface area (Å²) in [6.07, 6.45) is 0. The molecule has 2 aromatic rings. The lowest BCUT2D eigenvalue weighted by Gasteiger charge is -2.19. The van der Waals surface area contributed by atoms with Crippen LogP contribution in [0.1, 0.15) is 30.9 Å². The van der Waals surface area contributed by atoms with Crippen LogP contribution in [0.3, 0.4) is 0 Å². The summed E-state index contributed by atoms with van der Waals surface area (Å²) in [5.74, 6) is -0.0690. The SMILES string of the molecule is Cc1cc(NS(=O)(=O)c2ccccc2)c(C(C)C)c(Cl)c1O. The highest BCUT2D eigenvalue weighted by Gasteiger charge is 2.21. The van der Waals surface area contributed by atoms with Gasteiger partial charge >= 0.3 is 0 Å². The molecule has 0 heterocycles. The number of phenols is 1. The summed E-state index contributed by atoms with van der Waals surface area (Å²) < 4.78 is 27.5. The summed E-state index contributed by atoms with van der Waals surface area (Å²) >= 11 is 6.19. The third kappa shape index (κ3) is 3.20. The lowest BCUT2D eigenvalue weighted by Crippen LogP contribution is -2.15. The molecule has 2 rings (SSSR count). The average Bonchev–Trinajstić information content (AvgIpc) is 2.45. The van der Waals surface area contributed by atoms with Crippen LogP contribution in [0.2, 0.25) is 5.02 Å². The average molecular weight is 340 g/mol. The molecule has 6 heteroatoms. The third-order valence-electron chi connectivity index (χ3n) is 3.34. The Morgan fingerprint density at radius 3 is 2.32 bits per heavy atom. The Balaban J connectivity index is 2.55. The van der Waals surface area contributed by atoms with Crippen molar-refractivity contribution < 1.29 is 13.5 Å². The summed E-state index contributed by atoms with van der Waals surface area (Å²) in [6, 6.07) is 9.70. The number of halogens is 1. The topological polar surface area (TPSA) is 66.4 Å². The van der Waals surface area contributed by atoms with Gasteiger partial charge in [-0.2, -0.15) is 0 Å². The van der Waals surface area contributed by atoms with Gasteiger partial charge in [0.05, 0.1) is 15.6 Å². The van der Waals surface area contributed by atoms with E-state index in [2.05, 4.69) is 4.72 Å². The highest BCUT2D eigenvalue weighted by Crippen LogP contribution is 2.40. The first-order valence-corrected chi connectivity index (χ1v) is 8.70. The number of hydrogen-bond acceptors (Lipinski definition) is 3. The maximum absolute atomic E-state index is 12.5. The predicted molar refractivity (Wildman–Crippen MR) is 89.2 cm³/mol. The lowest BCUT2D eigenvalue weighted by atomic mass is 9.99. The second-order valence-corrected chi connectivity index (χ2v) is 7.45. The third-order valence-corrected chi connectivity index (χ3v) is 5.11. The zero-order valence-corrected chi connectivity index (χ0v) is 14.2. The van der Waals surface area contributed by atoms with Crippen molar-refractivity contribution in [1.29, 1.82) is 0 Å². The zero-order valence-electron chi connectivity index (χ0n) is 12.6. The Hall–Kier alpha value is -1.72. The van der Waals surface area contributed by atoms with Crippen LogP contribution in [0.25, 0.3) is 0 Å². The summed E-state index contributed by atoms with van der Waals surface area (Å²) in [4.78, 5) is 0.173. The van der Waals surface area contributed by atoms with Crippen molar-refractivity contribution in [2.75, 3.05) is 4.72 Å². The van der Waals surface area contributed by atoms with Crippen molar-refractivity contribution in [3.05, 3.63) is 52.5 Å². The summed E-state index contributed by atoms with van der Waals surface area (Å²) in [7, 11) is -3.71. The van der Waals surface area contributed by atoms with Crippen LogP contribution in [0.5, 0.6) is 5.75 Å². The molecule has 0 saturated heterocycles. The number of sulfonamides is 1. The Labute approximate surface area is 135 Å². The number of benzene rings is 2. The van der Waals surface area contributed by atoms with Gasteiger partial charge in [-0.05, 0) is 36.6 Å². The fourth-order valence-electron chi connectivity index (χ4n) is 2.23. The van der Waals surface area contributed by atoms with Gasteiger partial charge in [-0.1, -0.05) is 43.6 Å². The number of rotatable bonds is 4. The van der Waals surface area contributed by atoms with E-state index in [0.29, 0.717) is 16.8 Å². The highest BCUT2D eigenvalue weighted by atomic mass is 35.5. The predicted octanol–water partition coefficient (Wildman–Crippen LogP) is 4.28. The number of aryl methyl sites for hydroxylation is 1. The minimum Gasteiger partial charge on any atom is -0.506 e. The molecule has 4 nitrogen and oxygen atoms in total. The van der Waals surface area contributed by atoms with E-state index in [9.17, 15) is 13.5 Å². The minimum atomic E-state index is -3.71. The first kappa shape index (κ1) is 16.6. The van der Waals surface area contributed by atoms with E-state index in [-0.39, 0.29) is 21.6 Å². The first-order valence-electron chi connectivity index (χ1n) is 6.84. The molecular formula is C16H18ClNO3S. The summed E-state index contributed by atoms with van der Waals surface area (Å²) in [6.45, 7) is 5.44. The van der Waals surface area contributed by atoms with Gasteiger partial charge in [0.2, 0.25) is 0 Å². The molecule has 0 spiro atoms. The van der Waals surface area contributed by atoms with E-state index < -0.39 is 10.0 Å². The Bertz CT molecular complexity index is 787. The van der Waals surface area contributed by atoms with E-state index in [1.165, 1.54) is 12.1 Å². The molecule has 0 amide bonds. The maximum atomic E-state index is 12.5. The number of hydrogen-bond donors (Lipinski definition) is 2. The molecule has 0 fully saturated rings. The Kier molecular flexibility index (Phi) is 4.68. The van der Waals surface area contributed by atoms with Crippen molar-refractivity contribution in [3.63, 3.8) is 0 Å². The highest BCUT2D eigenvalue weighted by molar-refractivity contribution is 7.92. The van der Waals surface area contributed by atoms with Crippen LogP contribution in [-0.4, -0.2) is 13.5 Å². The van der Waals surface area contributed by atoms with Crippen LogP contribution in [0, 0.1) is 6.92 Å². The number of anilines is 1. The normalized spacial score (nSPS) is 11.7. The van der Waals surface area contributed by atoms with Gasteiger partial charge in [-0.15, -0.1) is 0 Å². The van der Waals surface area contributed by atoms with Crippen molar-refractivity contribution >= 4 is 27.3 Å². The Morgan fingerprint density at radius 1 is 1.18 bits per heavy atom. The van der Waals surface area contributed by atoms with E-state index in [0.717, 1.165) is 0 Å². The molecule has 0 unspecified atom stereocenters. The number of nitrogens with one attached hydrogen (secondary N) is 1. The van der Waals surface area contributed by atoms with Gasteiger partial charge in [0.25, 0.3) is 10.0 Å². The van der Waals surface area contributed by atoms with Crippen LogP contribution in [0.15, 0.2) is 41.3 Å². The van der Waals surface area contributed by atoms with Gasteiger partial charge < -0.3 is 5.11 Å². The number of aromatic hydroxyl groups is 1. The quantitative estimate of drug-likeness (QED) is 0.817. The summed E-state index contributed by atoms with van der Waals surface area (Å²) in [5, 5.41) is 10.1. The Morgan fingerprint density at radius 2 is 1.77 bits per heavy atom. The molecule has 0 aliphatic carbocycles. The molecule has 0 aliphatic heterocycles. The molecule has 0 aromatic heterocycles. The smallest absolute Gasteiger partial charge is 0.261 e. The molecule has 0 bridgehead atoms. The molecule has 22 heavy (non-hydrogen) atoms. The van der Waals surface area contributed by atoms with Crippen molar-refractivity contribution in [1.82, 2.24) is 0 Å². The van der Waals surface area contributed by atoms with E-state index in [4.69, 9.17) is 11.6 Å². The monoisotopic (exact) mass is 339 g/mol. The minimum absolute atomic E-state index is 0.0203. The van der Waals surface area contributed by atoms with Crippen molar-refractivity contribution in [3.8, 4) is 5.75 Å². The van der Waals surface area contributed by atoms with Crippen LogP contribution in [0.4, 0.5) is 5.69 Å². The van der Waals surface area contributed by atoms with Gasteiger partial charge in [0.1, 0.15) is 5.75 Å². The molecule has 118 valence electrons. The van der Waals surface area contributed by atoms with Crippen LogP contribution < -0.4 is 4.72 Å². The molecule has 2 N–H and O–H groups in total. The first-order chi connectivity index (χ1) is 10.2. The zero-order chi connectivity index (χ0) is 16.5. The molecular weight excluding hydrogens is 322 g/mol. The largest absolute Gasteiger partial charge is 0.506 e. The molecule has 0 radical (unpaired) electrons.